The van der Waals surface area contributed by atoms with Crippen molar-refractivity contribution in [2.75, 3.05) is 24.8 Å². The molecule has 1 aliphatic carbocycles. The highest BCUT2D eigenvalue weighted by Gasteiger charge is 2.23. The third kappa shape index (κ3) is 4.63. The minimum Gasteiger partial charge on any atom is -0.385 e. The number of aromatic nitrogens is 2. The van der Waals surface area contributed by atoms with Crippen LogP contribution in [0.5, 0.6) is 0 Å². The molecule has 0 spiro atoms. The molecule has 6 nitrogen and oxygen atoms in total. The Kier molecular flexibility index (Phi) is 7.02. The Labute approximate surface area is 196 Å². The molecule has 32 heavy (non-hydrogen) atoms. The molecule has 1 aromatic carbocycles. The third-order valence-corrected chi connectivity index (χ3v) is 7.96. The van der Waals surface area contributed by atoms with Crippen molar-refractivity contribution < 1.29 is 9.53 Å². The zero-order chi connectivity index (χ0) is 22.8. The topological polar surface area (TPSA) is 73.2 Å². The summed E-state index contributed by atoms with van der Waals surface area (Å²) in [5.74, 6) is 0.0941. The standard InChI is InChI=1S/C24H29N3O3S2/c1-14-11-15(2)21(16(3)12-14)25-19(28)13-31-24-26-22-20(17-7-5-8-18(17)32-22)23(29)27(24)9-6-10-30-4/h11-12H,5-10,13H2,1-4H3,(H,25,28). The van der Waals surface area contributed by atoms with Gasteiger partial charge >= 0.3 is 0 Å². The second-order valence-electron chi connectivity index (χ2n) is 8.35. The molecule has 4 rings (SSSR count). The molecule has 170 valence electrons. The van der Waals surface area contributed by atoms with Crippen LogP contribution in [0.1, 0.15) is 40.0 Å². The van der Waals surface area contributed by atoms with Gasteiger partial charge in [0.25, 0.3) is 5.56 Å². The smallest absolute Gasteiger partial charge is 0.263 e. The molecule has 0 radical (unpaired) electrons. The number of rotatable bonds is 8. The van der Waals surface area contributed by atoms with E-state index in [2.05, 4.69) is 17.4 Å². The van der Waals surface area contributed by atoms with E-state index in [1.54, 1.807) is 23.0 Å². The molecule has 1 amide bonds. The zero-order valence-corrected chi connectivity index (χ0v) is 20.7. The molecular weight excluding hydrogens is 442 g/mol. The fourth-order valence-corrected chi connectivity index (χ4v) is 6.54. The van der Waals surface area contributed by atoms with Crippen LogP contribution in [0.15, 0.2) is 22.1 Å². The summed E-state index contributed by atoms with van der Waals surface area (Å²) in [5, 5.41) is 4.42. The lowest BCUT2D eigenvalue weighted by molar-refractivity contribution is -0.113. The third-order valence-electron chi connectivity index (χ3n) is 5.79. The van der Waals surface area contributed by atoms with Crippen molar-refractivity contribution in [2.24, 2.45) is 0 Å². The first kappa shape index (κ1) is 23.0. The summed E-state index contributed by atoms with van der Waals surface area (Å²) in [6.07, 6.45) is 3.81. The molecule has 2 aromatic heterocycles. The number of benzene rings is 1. The van der Waals surface area contributed by atoms with Gasteiger partial charge in [0.1, 0.15) is 4.83 Å². The van der Waals surface area contributed by atoms with Gasteiger partial charge in [0, 0.05) is 30.8 Å². The predicted octanol–water partition coefficient (Wildman–Crippen LogP) is 4.64. The van der Waals surface area contributed by atoms with Gasteiger partial charge in [-0.15, -0.1) is 11.3 Å². The fourth-order valence-electron chi connectivity index (χ4n) is 4.42. The molecule has 8 heteroatoms. The average Bonchev–Trinajstić information content (AvgIpc) is 3.32. The number of thioether (sulfide) groups is 1. The van der Waals surface area contributed by atoms with E-state index in [1.165, 1.54) is 27.8 Å². The van der Waals surface area contributed by atoms with Crippen LogP contribution in [-0.2, 0) is 28.9 Å². The van der Waals surface area contributed by atoms with Crippen LogP contribution in [0.4, 0.5) is 5.69 Å². The summed E-state index contributed by atoms with van der Waals surface area (Å²) in [7, 11) is 1.66. The Morgan fingerprint density at radius 3 is 2.72 bits per heavy atom. The van der Waals surface area contributed by atoms with Crippen molar-refractivity contribution in [3.05, 3.63) is 49.6 Å². The van der Waals surface area contributed by atoms with E-state index in [0.29, 0.717) is 18.3 Å². The summed E-state index contributed by atoms with van der Waals surface area (Å²) in [6, 6.07) is 4.13. The van der Waals surface area contributed by atoms with Crippen molar-refractivity contribution in [3.8, 4) is 0 Å². The number of methoxy groups -OCH3 is 1. The fraction of sp³-hybridized carbons (Fsp3) is 0.458. The van der Waals surface area contributed by atoms with Gasteiger partial charge in [-0.3, -0.25) is 14.2 Å². The summed E-state index contributed by atoms with van der Waals surface area (Å²) < 4.78 is 6.91. The maximum atomic E-state index is 13.4. The second-order valence-corrected chi connectivity index (χ2v) is 10.4. The van der Waals surface area contributed by atoms with Crippen LogP contribution >= 0.6 is 23.1 Å². The minimum absolute atomic E-state index is 0.0126. The second kappa shape index (κ2) is 9.77. The van der Waals surface area contributed by atoms with Crippen molar-refractivity contribution in [1.82, 2.24) is 9.55 Å². The normalized spacial score (nSPS) is 13.0. The van der Waals surface area contributed by atoms with Crippen molar-refractivity contribution in [1.29, 1.82) is 0 Å². The van der Waals surface area contributed by atoms with Crippen molar-refractivity contribution >= 4 is 44.9 Å². The molecule has 0 bridgehead atoms. The van der Waals surface area contributed by atoms with Gasteiger partial charge in [-0.25, -0.2) is 4.98 Å². The molecule has 0 saturated heterocycles. The number of amides is 1. The highest BCUT2D eigenvalue weighted by Crippen LogP contribution is 2.35. The molecule has 0 fully saturated rings. The molecule has 0 saturated carbocycles. The lowest BCUT2D eigenvalue weighted by Crippen LogP contribution is -2.25. The van der Waals surface area contributed by atoms with E-state index in [0.717, 1.165) is 52.7 Å². The molecule has 0 unspecified atom stereocenters. The number of aryl methyl sites for hydroxylation is 5. The number of fused-ring (bicyclic) bond motifs is 3. The van der Waals surface area contributed by atoms with Crippen molar-refractivity contribution in [2.45, 2.75) is 58.2 Å². The largest absolute Gasteiger partial charge is 0.385 e. The monoisotopic (exact) mass is 471 g/mol. The maximum Gasteiger partial charge on any atom is 0.263 e. The van der Waals surface area contributed by atoms with E-state index >= 15 is 0 Å². The number of anilines is 1. The van der Waals surface area contributed by atoms with E-state index in [4.69, 9.17) is 9.72 Å². The van der Waals surface area contributed by atoms with Crippen LogP contribution in [0, 0.1) is 20.8 Å². The van der Waals surface area contributed by atoms with Gasteiger partial charge in [-0.1, -0.05) is 29.5 Å². The summed E-state index contributed by atoms with van der Waals surface area (Å²) in [4.78, 5) is 33.1. The van der Waals surface area contributed by atoms with Crippen LogP contribution in [0.2, 0.25) is 0 Å². The lowest BCUT2D eigenvalue weighted by atomic mass is 10.1. The number of carbonyl (C=O) groups excluding carboxylic acids is 1. The first-order valence-electron chi connectivity index (χ1n) is 10.9. The molecular formula is C24H29N3O3S2. The summed E-state index contributed by atoms with van der Waals surface area (Å²) in [5.41, 5.74) is 5.32. The molecule has 1 aliphatic rings. The van der Waals surface area contributed by atoms with Gasteiger partial charge in [-0.2, -0.15) is 0 Å². The Balaban J connectivity index is 1.58. The van der Waals surface area contributed by atoms with Crippen molar-refractivity contribution in [3.63, 3.8) is 0 Å². The summed E-state index contributed by atoms with van der Waals surface area (Å²) >= 11 is 2.95. The minimum atomic E-state index is -0.100. The molecule has 1 N–H and O–H groups in total. The highest BCUT2D eigenvalue weighted by molar-refractivity contribution is 7.99. The SMILES string of the molecule is COCCCn1c(SCC(=O)Nc2c(C)cc(C)cc2C)nc2sc3c(c2c1=O)CCC3. The first-order chi connectivity index (χ1) is 15.4. The number of nitrogens with one attached hydrogen (secondary N) is 1. The van der Waals surface area contributed by atoms with Gasteiger partial charge in [0.2, 0.25) is 5.91 Å². The predicted molar refractivity (Wildman–Crippen MR) is 132 cm³/mol. The number of ether oxygens (including phenoxy) is 1. The van der Waals surface area contributed by atoms with E-state index in [-0.39, 0.29) is 17.2 Å². The Morgan fingerprint density at radius 1 is 1.25 bits per heavy atom. The quantitative estimate of drug-likeness (QED) is 0.294. The van der Waals surface area contributed by atoms with Gasteiger partial charge in [0.05, 0.1) is 11.1 Å². The van der Waals surface area contributed by atoms with Gasteiger partial charge < -0.3 is 10.1 Å². The van der Waals surface area contributed by atoms with Gasteiger partial charge in [0.15, 0.2) is 5.16 Å². The molecule has 3 aromatic rings. The number of nitrogens with zero attached hydrogens (tertiary/aromatic N) is 2. The lowest BCUT2D eigenvalue weighted by Gasteiger charge is -2.14. The highest BCUT2D eigenvalue weighted by atomic mass is 32.2. The first-order valence-corrected chi connectivity index (χ1v) is 12.7. The zero-order valence-electron chi connectivity index (χ0n) is 19.0. The van der Waals surface area contributed by atoms with E-state index in [9.17, 15) is 9.59 Å². The Hall–Kier alpha value is -2.16. The van der Waals surface area contributed by atoms with Gasteiger partial charge in [-0.05, 0) is 63.1 Å². The molecule has 0 aliphatic heterocycles. The van der Waals surface area contributed by atoms with Crippen LogP contribution in [0.3, 0.4) is 0 Å². The number of hydrogen-bond acceptors (Lipinski definition) is 6. The summed E-state index contributed by atoms with van der Waals surface area (Å²) in [6.45, 7) is 7.15. The van der Waals surface area contributed by atoms with Crippen LogP contribution in [-0.4, -0.2) is 34.9 Å². The molecule has 2 heterocycles. The van der Waals surface area contributed by atoms with E-state index < -0.39 is 0 Å². The number of hydrogen-bond donors (Lipinski definition) is 1. The Morgan fingerprint density at radius 2 is 2.00 bits per heavy atom. The average molecular weight is 472 g/mol. The Bertz CT molecular complexity index is 1210. The van der Waals surface area contributed by atoms with E-state index in [1.807, 2.05) is 20.8 Å². The van der Waals surface area contributed by atoms with Crippen LogP contribution < -0.4 is 10.9 Å². The number of carbonyl (C=O) groups is 1. The molecule has 0 atom stereocenters. The maximum absolute atomic E-state index is 13.4. The van der Waals surface area contributed by atoms with Crippen LogP contribution in [0.25, 0.3) is 10.2 Å². The number of thiophene rings is 1.